The molecule has 0 saturated carbocycles. The van der Waals surface area contributed by atoms with E-state index in [1.54, 1.807) is 12.1 Å². The molecule has 0 unspecified atom stereocenters. The maximum atomic E-state index is 11.7. The monoisotopic (exact) mass is 260 g/mol. The van der Waals surface area contributed by atoms with Crippen LogP contribution < -0.4 is 16.0 Å². The van der Waals surface area contributed by atoms with E-state index in [4.69, 9.17) is 5.73 Å². The number of amides is 2. The molecule has 2 aliphatic rings. The van der Waals surface area contributed by atoms with Crippen LogP contribution in [0, 0.1) is 5.92 Å². The van der Waals surface area contributed by atoms with Crippen LogP contribution in [0.15, 0.2) is 18.3 Å². The number of fused-ring (bicyclic) bond motifs is 1. The molecule has 2 saturated heterocycles. The molecule has 0 radical (unpaired) electrons. The molecular formula is C13H16N4O2. The maximum absolute atomic E-state index is 11.7. The summed E-state index contributed by atoms with van der Waals surface area (Å²) in [7, 11) is 0. The molecule has 6 nitrogen and oxygen atoms in total. The van der Waals surface area contributed by atoms with Gasteiger partial charge in [0, 0.05) is 19.3 Å². The molecule has 0 spiro atoms. The Morgan fingerprint density at radius 2 is 2.32 bits per heavy atom. The van der Waals surface area contributed by atoms with Gasteiger partial charge >= 0.3 is 0 Å². The minimum absolute atomic E-state index is 0.0615. The first-order valence-electron chi connectivity index (χ1n) is 6.47. The van der Waals surface area contributed by atoms with Crippen LogP contribution in [-0.2, 0) is 4.79 Å². The lowest BCUT2D eigenvalue weighted by Gasteiger charge is -2.36. The van der Waals surface area contributed by atoms with Crippen LogP contribution in [0.1, 0.15) is 23.2 Å². The second-order valence-electron chi connectivity index (χ2n) is 5.02. The molecule has 3 heterocycles. The molecule has 1 aromatic heterocycles. The average molecular weight is 260 g/mol. The highest BCUT2D eigenvalue weighted by atomic mass is 16.2. The highest BCUT2D eigenvalue weighted by molar-refractivity contribution is 5.92. The third-order valence-corrected chi connectivity index (χ3v) is 3.93. The van der Waals surface area contributed by atoms with Crippen molar-refractivity contribution in [3.05, 3.63) is 23.9 Å². The van der Waals surface area contributed by atoms with Crippen molar-refractivity contribution in [1.82, 2.24) is 10.3 Å². The van der Waals surface area contributed by atoms with Crippen LogP contribution in [0.25, 0.3) is 0 Å². The van der Waals surface area contributed by atoms with E-state index in [0.29, 0.717) is 12.1 Å². The number of primary amides is 1. The van der Waals surface area contributed by atoms with Crippen LogP contribution in [0.2, 0.25) is 0 Å². The van der Waals surface area contributed by atoms with Gasteiger partial charge in [-0.1, -0.05) is 0 Å². The number of piperidine rings is 1. The number of nitrogens with one attached hydrogen (secondary N) is 1. The van der Waals surface area contributed by atoms with Gasteiger partial charge < -0.3 is 16.0 Å². The Labute approximate surface area is 111 Å². The van der Waals surface area contributed by atoms with Crippen molar-refractivity contribution in [2.75, 3.05) is 18.0 Å². The van der Waals surface area contributed by atoms with E-state index in [2.05, 4.69) is 15.2 Å². The zero-order chi connectivity index (χ0) is 13.4. The summed E-state index contributed by atoms with van der Waals surface area (Å²) < 4.78 is 0. The van der Waals surface area contributed by atoms with Crippen molar-refractivity contribution in [1.29, 1.82) is 0 Å². The molecule has 0 aliphatic carbocycles. The van der Waals surface area contributed by atoms with Gasteiger partial charge in [0.1, 0.15) is 5.82 Å². The third-order valence-electron chi connectivity index (χ3n) is 3.93. The Hall–Kier alpha value is -2.11. The van der Waals surface area contributed by atoms with Gasteiger partial charge in [0.2, 0.25) is 11.8 Å². The van der Waals surface area contributed by atoms with E-state index >= 15 is 0 Å². The third kappa shape index (κ3) is 2.03. The van der Waals surface area contributed by atoms with Gasteiger partial charge in [0.25, 0.3) is 0 Å². The minimum atomic E-state index is -0.478. The van der Waals surface area contributed by atoms with Crippen molar-refractivity contribution < 1.29 is 9.59 Å². The molecule has 3 N–H and O–H groups in total. The smallest absolute Gasteiger partial charge is 0.250 e. The van der Waals surface area contributed by atoms with Crippen molar-refractivity contribution in [2.24, 2.45) is 11.7 Å². The van der Waals surface area contributed by atoms with Crippen LogP contribution in [0.4, 0.5) is 5.82 Å². The zero-order valence-corrected chi connectivity index (χ0v) is 10.5. The number of anilines is 1. The highest BCUT2D eigenvalue weighted by Gasteiger charge is 2.41. The molecule has 2 fully saturated rings. The highest BCUT2D eigenvalue weighted by Crippen LogP contribution is 2.30. The minimum Gasteiger partial charge on any atom is -0.366 e. The summed E-state index contributed by atoms with van der Waals surface area (Å²) in [6, 6.07) is 3.65. The molecule has 3 rings (SSSR count). The fraction of sp³-hybridized carbons (Fsp3) is 0.462. The van der Waals surface area contributed by atoms with E-state index in [1.165, 1.54) is 6.20 Å². The van der Waals surface area contributed by atoms with Crippen molar-refractivity contribution in [3.8, 4) is 0 Å². The molecule has 6 heteroatoms. The summed E-state index contributed by atoms with van der Waals surface area (Å²) in [5.41, 5.74) is 5.60. The zero-order valence-electron chi connectivity index (χ0n) is 10.5. The van der Waals surface area contributed by atoms with Gasteiger partial charge in [-0.2, -0.15) is 0 Å². The van der Waals surface area contributed by atoms with Gasteiger partial charge in [-0.05, 0) is 25.0 Å². The number of aromatic nitrogens is 1. The Morgan fingerprint density at radius 3 is 3.00 bits per heavy atom. The molecule has 100 valence electrons. The van der Waals surface area contributed by atoms with Crippen LogP contribution in [0.5, 0.6) is 0 Å². The first-order chi connectivity index (χ1) is 9.16. The molecule has 1 aromatic rings. The standard InChI is InChI=1S/C13H16N4O2/c14-12(18)8-3-4-11(15-6-8)17-5-1-2-9-10(17)7-16-13(9)19/h3-4,6,9-10H,1-2,5,7H2,(H2,14,18)(H,16,19)/t9-,10-/m1/s1. The number of carbonyl (C=O) groups excluding carboxylic acids is 2. The molecule has 2 amide bonds. The van der Waals surface area contributed by atoms with Crippen molar-refractivity contribution >= 4 is 17.6 Å². The SMILES string of the molecule is NC(=O)c1ccc(N2CCC[C@H]3C(=O)NC[C@H]32)nc1. The summed E-state index contributed by atoms with van der Waals surface area (Å²) in [6.45, 7) is 1.56. The number of pyridine rings is 1. The largest absolute Gasteiger partial charge is 0.366 e. The van der Waals surface area contributed by atoms with E-state index < -0.39 is 5.91 Å². The average Bonchev–Trinajstić information content (AvgIpc) is 2.81. The fourth-order valence-corrected chi connectivity index (χ4v) is 2.94. The summed E-state index contributed by atoms with van der Waals surface area (Å²) in [4.78, 5) is 29.2. The van der Waals surface area contributed by atoms with Gasteiger partial charge in [-0.3, -0.25) is 9.59 Å². The first-order valence-corrected chi connectivity index (χ1v) is 6.47. The summed E-state index contributed by atoms with van der Waals surface area (Å²) in [6.07, 6.45) is 3.41. The maximum Gasteiger partial charge on any atom is 0.250 e. The second-order valence-corrected chi connectivity index (χ2v) is 5.02. The fourth-order valence-electron chi connectivity index (χ4n) is 2.94. The number of hydrogen-bond donors (Lipinski definition) is 2. The molecule has 2 atom stereocenters. The predicted molar refractivity (Wildman–Crippen MR) is 69.6 cm³/mol. The van der Waals surface area contributed by atoms with Crippen LogP contribution in [0.3, 0.4) is 0 Å². The van der Waals surface area contributed by atoms with Gasteiger partial charge in [0.05, 0.1) is 17.5 Å². The first kappa shape index (κ1) is 12.0. The number of nitrogens with two attached hydrogens (primary N) is 1. The van der Waals surface area contributed by atoms with E-state index in [1.807, 2.05) is 0 Å². The van der Waals surface area contributed by atoms with Gasteiger partial charge in [-0.25, -0.2) is 4.98 Å². The lowest BCUT2D eigenvalue weighted by atomic mass is 9.91. The van der Waals surface area contributed by atoms with E-state index in [0.717, 1.165) is 25.2 Å². The summed E-state index contributed by atoms with van der Waals surface area (Å²) in [5.74, 6) is 0.527. The van der Waals surface area contributed by atoms with Gasteiger partial charge in [0.15, 0.2) is 0 Å². The Balaban J connectivity index is 1.85. The Kier molecular flexibility index (Phi) is 2.85. The van der Waals surface area contributed by atoms with Crippen molar-refractivity contribution in [2.45, 2.75) is 18.9 Å². The molecular weight excluding hydrogens is 244 g/mol. The topological polar surface area (TPSA) is 88.3 Å². The quantitative estimate of drug-likeness (QED) is 0.777. The number of hydrogen-bond acceptors (Lipinski definition) is 4. The number of nitrogens with zero attached hydrogens (tertiary/aromatic N) is 2. The lowest BCUT2D eigenvalue weighted by Crippen LogP contribution is -2.46. The number of rotatable bonds is 2. The summed E-state index contributed by atoms with van der Waals surface area (Å²) in [5, 5.41) is 2.91. The Bertz CT molecular complexity index is 514. The van der Waals surface area contributed by atoms with E-state index in [-0.39, 0.29) is 17.9 Å². The number of carbonyl (C=O) groups is 2. The van der Waals surface area contributed by atoms with E-state index in [9.17, 15) is 9.59 Å². The normalized spacial score (nSPS) is 25.9. The second kappa shape index (κ2) is 4.53. The van der Waals surface area contributed by atoms with Crippen molar-refractivity contribution in [3.63, 3.8) is 0 Å². The molecule has 19 heavy (non-hydrogen) atoms. The lowest BCUT2D eigenvalue weighted by molar-refractivity contribution is -0.123. The van der Waals surface area contributed by atoms with Crippen LogP contribution in [-0.4, -0.2) is 35.9 Å². The molecule has 2 aliphatic heterocycles. The molecule has 0 aromatic carbocycles. The summed E-state index contributed by atoms with van der Waals surface area (Å²) >= 11 is 0. The molecule has 0 bridgehead atoms. The van der Waals surface area contributed by atoms with Gasteiger partial charge in [-0.15, -0.1) is 0 Å². The Morgan fingerprint density at radius 1 is 1.47 bits per heavy atom. The van der Waals surface area contributed by atoms with Crippen LogP contribution >= 0.6 is 0 Å². The predicted octanol–water partition coefficient (Wildman–Crippen LogP) is -0.105.